The summed E-state index contributed by atoms with van der Waals surface area (Å²) in [5, 5.41) is 2.82. The summed E-state index contributed by atoms with van der Waals surface area (Å²) in [6.07, 6.45) is 3.07. The third-order valence-electron chi connectivity index (χ3n) is 3.77. The molecule has 1 N–H and O–H groups in total. The number of ether oxygens (including phenoxy) is 1. The second-order valence-electron chi connectivity index (χ2n) is 5.51. The lowest BCUT2D eigenvalue weighted by Gasteiger charge is -2.26. The van der Waals surface area contributed by atoms with E-state index < -0.39 is 10.0 Å². The molecule has 6 nitrogen and oxygen atoms in total. The molecule has 0 bridgehead atoms. The second kappa shape index (κ2) is 8.42. The molecule has 1 fully saturated rings. The predicted octanol–water partition coefficient (Wildman–Crippen LogP) is 1.63. The summed E-state index contributed by atoms with van der Waals surface area (Å²) >= 11 is 0. The average Bonchev–Trinajstić information content (AvgIpc) is 2.59. The normalized spacial score (nSPS) is 16.2. The van der Waals surface area contributed by atoms with Crippen molar-refractivity contribution in [3.05, 3.63) is 29.8 Å². The molecule has 0 unspecified atom stereocenters. The first-order valence-corrected chi connectivity index (χ1v) is 9.46. The highest BCUT2D eigenvalue weighted by Gasteiger charge is 2.26. The molecule has 0 atom stereocenters. The number of carbonyl (C=O) groups excluding carboxylic acids is 1. The van der Waals surface area contributed by atoms with Gasteiger partial charge in [-0.1, -0.05) is 25.8 Å². The van der Waals surface area contributed by atoms with Crippen LogP contribution in [0.5, 0.6) is 0 Å². The number of unbranched alkanes of at least 4 members (excludes halogenated alkanes) is 2. The van der Waals surface area contributed by atoms with Crippen molar-refractivity contribution in [3.8, 4) is 0 Å². The summed E-state index contributed by atoms with van der Waals surface area (Å²) in [6.45, 7) is 4.19. The van der Waals surface area contributed by atoms with Crippen molar-refractivity contribution >= 4 is 15.9 Å². The molecule has 1 amide bonds. The van der Waals surface area contributed by atoms with E-state index in [0.717, 1.165) is 19.3 Å². The van der Waals surface area contributed by atoms with Crippen molar-refractivity contribution in [2.24, 2.45) is 0 Å². The summed E-state index contributed by atoms with van der Waals surface area (Å²) in [6, 6.07) is 6.21. The fourth-order valence-electron chi connectivity index (χ4n) is 2.41. The van der Waals surface area contributed by atoms with Gasteiger partial charge in [0.05, 0.1) is 18.1 Å². The van der Waals surface area contributed by atoms with E-state index in [1.54, 1.807) is 12.1 Å². The summed E-state index contributed by atoms with van der Waals surface area (Å²) in [5.74, 6) is -0.236. The minimum absolute atomic E-state index is 0.153. The highest BCUT2D eigenvalue weighted by atomic mass is 32.2. The number of nitrogens with zero attached hydrogens (tertiary/aromatic N) is 1. The highest BCUT2D eigenvalue weighted by molar-refractivity contribution is 7.89. The zero-order valence-electron chi connectivity index (χ0n) is 13.5. The van der Waals surface area contributed by atoms with E-state index in [-0.39, 0.29) is 10.8 Å². The van der Waals surface area contributed by atoms with Gasteiger partial charge in [-0.15, -0.1) is 0 Å². The third-order valence-corrected chi connectivity index (χ3v) is 5.66. The van der Waals surface area contributed by atoms with Gasteiger partial charge in [0.1, 0.15) is 0 Å². The fourth-order valence-corrected chi connectivity index (χ4v) is 3.87. The van der Waals surface area contributed by atoms with Crippen LogP contribution in [0.4, 0.5) is 0 Å². The first-order valence-electron chi connectivity index (χ1n) is 8.02. The Labute approximate surface area is 137 Å². The van der Waals surface area contributed by atoms with Gasteiger partial charge in [-0.3, -0.25) is 4.79 Å². The minimum Gasteiger partial charge on any atom is -0.379 e. The number of hydrogen-bond donors (Lipinski definition) is 1. The van der Waals surface area contributed by atoms with Crippen molar-refractivity contribution in [3.63, 3.8) is 0 Å². The molecule has 1 heterocycles. The Morgan fingerprint density at radius 2 is 2.00 bits per heavy atom. The standard InChI is InChI=1S/C16H24N2O4S/c1-2-3-4-8-17-16(19)14-6-5-7-15(13-14)23(20,21)18-9-11-22-12-10-18/h5-7,13H,2-4,8-12H2,1H3,(H,17,19). The lowest BCUT2D eigenvalue weighted by atomic mass is 10.2. The van der Waals surface area contributed by atoms with E-state index in [1.165, 1.54) is 16.4 Å². The van der Waals surface area contributed by atoms with Gasteiger partial charge in [0.15, 0.2) is 0 Å². The van der Waals surface area contributed by atoms with Crippen molar-refractivity contribution in [1.82, 2.24) is 9.62 Å². The molecule has 0 spiro atoms. The third kappa shape index (κ3) is 4.76. The molecular weight excluding hydrogens is 316 g/mol. The van der Waals surface area contributed by atoms with E-state index in [1.807, 2.05) is 0 Å². The molecule has 0 aromatic heterocycles. The lowest BCUT2D eigenvalue weighted by molar-refractivity contribution is 0.0730. The Bertz CT molecular complexity index is 625. The van der Waals surface area contributed by atoms with Crippen molar-refractivity contribution in [2.75, 3.05) is 32.8 Å². The van der Waals surface area contributed by atoms with Crippen LogP contribution in [0.2, 0.25) is 0 Å². The molecule has 128 valence electrons. The van der Waals surface area contributed by atoms with Crippen LogP contribution < -0.4 is 5.32 Å². The average molecular weight is 340 g/mol. The Balaban J connectivity index is 2.08. The van der Waals surface area contributed by atoms with Gasteiger partial charge in [-0.2, -0.15) is 4.31 Å². The Hall–Kier alpha value is -1.44. The number of rotatable bonds is 7. The Kier molecular flexibility index (Phi) is 6.56. The molecule has 1 aliphatic rings. The fraction of sp³-hybridized carbons (Fsp3) is 0.562. The zero-order chi connectivity index (χ0) is 16.7. The summed E-state index contributed by atoms with van der Waals surface area (Å²) in [5.41, 5.74) is 0.371. The molecule has 2 rings (SSSR count). The molecule has 1 aromatic rings. The van der Waals surface area contributed by atoms with Gasteiger partial charge >= 0.3 is 0 Å². The molecule has 0 radical (unpaired) electrons. The molecule has 7 heteroatoms. The van der Waals surface area contributed by atoms with E-state index in [9.17, 15) is 13.2 Å². The highest BCUT2D eigenvalue weighted by Crippen LogP contribution is 2.18. The molecule has 0 aliphatic carbocycles. The van der Waals surface area contributed by atoms with Crippen LogP contribution in [-0.4, -0.2) is 51.5 Å². The number of sulfonamides is 1. The Morgan fingerprint density at radius 1 is 1.26 bits per heavy atom. The number of carbonyl (C=O) groups is 1. The van der Waals surface area contributed by atoms with E-state index in [2.05, 4.69) is 12.2 Å². The van der Waals surface area contributed by atoms with Gasteiger partial charge in [-0.25, -0.2) is 8.42 Å². The topological polar surface area (TPSA) is 75.7 Å². The van der Waals surface area contributed by atoms with Crippen LogP contribution in [-0.2, 0) is 14.8 Å². The van der Waals surface area contributed by atoms with Gasteiger partial charge in [-0.05, 0) is 24.6 Å². The molecule has 23 heavy (non-hydrogen) atoms. The SMILES string of the molecule is CCCCCNC(=O)c1cccc(S(=O)(=O)N2CCOCC2)c1. The van der Waals surface area contributed by atoms with Crippen molar-refractivity contribution < 1.29 is 17.9 Å². The number of nitrogens with one attached hydrogen (secondary N) is 1. The van der Waals surface area contributed by atoms with Gasteiger partial charge < -0.3 is 10.1 Å². The molecule has 1 aliphatic heterocycles. The Morgan fingerprint density at radius 3 is 2.70 bits per heavy atom. The van der Waals surface area contributed by atoms with Crippen LogP contribution in [0.1, 0.15) is 36.5 Å². The number of morpholine rings is 1. The molecular formula is C16H24N2O4S. The second-order valence-corrected chi connectivity index (χ2v) is 7.45. The summed E-state index contributed by atoms with van der Waals surface area (Å²) in [4.78, 5) is 12.3. The zero-order valence-corrected chi connectivity index (χ0v) is 14.3. The molecule has 1 saturated heterocycles. The van der Waals surface area contributed by atoms with E-state index in [4.69, 9.17) is 4.74 Å². The maximum atomic E-state index is 12.6. The lowest BCUT2D eigenvalue weighted by Crippen LogP contribution is -2.40. The van der Waals surface area contributed by atoms with Crippen LogP contribution in [0.15, 0.2) is 29.2 Å². The van der Waals surface area contributed by atoms with Gasteiger partial charge in [0.25, 0.3) is 5.91 Å². The van der Waals surface area contributed by atoms with Crippen LogP contribution in [0, 0.1) is 0 Å². The molecule has 1 aromatic carbocycles. The quantitative estimate of drug-likeness (QED) is 0.766. The van der Waals surface area contributed by atoms with Gasteiger partial charge in [0.2, 0.25) is 10.0 Å². The number of amides is 1. The van der Waals surface area contributed by atoms with E-state index >= 15 is 0 Å². The smallest absolute Gasteiger partial charge is 0.251 e. The van der Waals surface area contributed by atoms with Crippen molar-refractivity contribution in [1.29, 1.82) is 0 Å². The molecule has 0 saturated carbocycles. The predicted molar refractivity (Wildman–Crippen MR) is 87.9 cm³/mol. The maximum Gasteiger partial charge on any atom is 0.251 e. The number of benzene rings is 1. The van der Waals surface area contributed by atoms with Gasteiger partial charge in [0, 0.05) is 25.2 Å². The van der Waals surface area contributed by atoms with E-state index in [0.29, 0.717) is 38.4 Å². The van der Waals surface area contributed by atoms with Crippen LogP contribution >= 0.6 is 0 Å². The van der Waals surface area contributed by atoms with Crippen molar-refractivity contribution in [2.45, 2.75) is 31.1 Å². The first kappa shape index (κ1) is 17.9. The van der Waals surface area contributed by atoms with Crippen LogP contribution in [0.3, 0.4) is 0 Å². The summed E-state index contributed by atoms with van der Waals surface area (Å²) < 4.78 is 31.8. The minimum atomic E-state index is -3.57. The first-order chi connectivity index (χ1) is 11.1. The van der Waals surface area contributed by atoms with Crippen LogP contribution in [0.25, 0.3) is 0 Å². The summed E-state index contributed by atoms with van der Waals surface area (Å²) in [7, 11) is -3.57. The number of hydrogen-bond acceptors (Lipinski definition) is 4. The maximum absolute atomic E-state index is 12.6. The largest absolute Gasteiger partial charge is 0.379 e. The monoisotopic (exact) mass is 340 g/mol.